The summed E-state index contributed by atoms with van der Waals surface area (Å²) in [5, 5.41) is 7.07. The Morgan fingerprint density at radius 3 is 1.28 bits per heavy atom. The summed E-state index contributed by atoms with van der Waals surface area (Å²) in [5.74, 6) is 0. The molecular formula is C23H42N6O3. The van der Waals surface area contributed by atoms with Crippen LogP contribution in [0.15, 0.2) is 15.0 Å². The van der Waals surface area contributed by atoms with Crippen molar-refractivity contribution in [1.29, 1.82) is 0 Å². The Balaban J connectivity index is 3.91. The third-order valence-corrected chi connectivity index (χ3v) is 5.11. The van der Waals surface area contributed by atoms with Crippen molar-refractivity contribution >= 4 is 18.2 Å². The van der Waals surface area contributed by atoms with E-state index in [1.165, 1.54) is 0 Å². The Morgan fingerprint density at radius 1 is 0.500 bits per heavy atom. The van der Waals surface area contributed by atoms with E-state index in [-0.39, 0.29) is 0 Å². The normalized spacial score (nSPS) is 10.4. The fraction of sp³-hybridized carbons (Fsp3) is 0.870. The first-order valence-electron chi connectivity index (χ1n) is 12.1. The van der Waals surface area contributed by atoms with E-state index in [4.69, 9.17) is 0 Å². The molecule has 0 aliphatic carbocycles. The molecule has 32 heavy (non-hydrogen) atoms. The molecule has 0 atom stereocenters. The van der Waals surface area contributed by atoms with Gasteiger partial charge in [0.05, 0.1) is 19.6 Å². The van der Waals surface area contributed by atoms with Crippen molar-refractivity contribution in [3.63, 3.8) is 0 Å². The molecule has 0 unspecified atom stereocenters. The molecule has 0 rings (SSSR count). The summed E-state index contributed by atoms with van der Waals surface area (Å²) in [6, 6.07) is 0. The predicted molar refractivity (Wildman–Crippen MR) is 127 cm³/mol. The summed E-state index contributed by atoms with van der Waals surface area (Å²) in [5.41, 5.74) is 0. The van der Waals surface area contributed by atoms with E-state index in [0.29, 0.717) is 19.6 Å². The molecule has 0 radical (unpaired) electrons. The maximum absolute atomic E-state index is 10.1. The minimum atomic E-state index is 0.583. The highest BCUT2D eigenvalue weighted by Crippen LogP contribution is 2.03. The minimum absolute atomic E-state index is 0.583. The van der Waals surface area contributed by atoms with Crippen LogP contribution in [0.25, 0.3) is 0 Å². The standard InChI is InChI=1S/C23H42N6O3/c30-21-26-15-9-3-1-7-13-24-19-29(18-12-6-5-11-17-28-23-32)20-25-14-8-2-4-10-16-27-22-31/h24-25H,1-20H2. The maximum atomic E-state index is 10.1. The van der Waals surface area contributed by atoms with Crippen LogP contribution in [0, 0.1) is 0 Å². The molecule has 0 aromatic carbocycles. The van der Waals surface area contributed by atoms with Crippen molar-refractivity contribution < 1.29 is 14.4 Å². The molecule has 2 N–H and O–H groups in total. The van der Waals surface area contributed by atoms with Gasteiger partial charge in [0, 0.05) is 19.9 Å². The van der Waals surface area contributed by atoms with E-state index >= 15 is 0 Å². The van der Waals surface area contributed by atoms with Crippen molar-refractivity contribution in [3.8, 4) is 0 Å². The van der Waals surface area contributed by atoms with Crippen LogP contribution in [0.5, 0.6) is 0 Å². The number of isocyanates is 3. The molecule has 9 nitrogen and oxygen atoms in total. The number of nitrogens with one attached hydrogen (secondary N) is 2. The molecule has 0 heterocycles. The van der Waals surface area contributed by atoms with Crippen LogP contribution in [-0.2, 0) is 14.4 Å². The zero-order chi connectivity index (χ0) is 23.4. The van der Waals surface area contributed by atoms with E-state index in [2.05, 4.69) is 30.5 Å². The summed E-state index contributed by atoms with van der Waals surface area (Å²) in [6.45, 7) is 6.49. The molecule has 0 amide bonds. The van der Waals surface area contributed by atoms with Gasteiger partial charge in [-0.1, -0.05) is 38.5 Å². The fourth-order valence-electron chi connectivity index (χ4n) is 3.29. The molecule has 0 aromatic rings. The molecule has 182 valence electrons. The first-order chi connectivity index (χ1) is 15.8. The van der Waals surface area contributed by atoms with Gasteiger partial charge < -0.3 is 10.6 Å². The van der Waals surface area contributed by atoms with Crippen molar-refractivity contribution in [2.45, 2.75) is 77.0 Å². The van der Waals surface area contributed by atoms with Crippen molar-refractivity contribution in [2.24, 2.45) is 15.0 Å². The summed E-state index contributed by atoms with van der Waals surface area (Å²) in [6.07, 6.45) is 17.7. The number of rotatable bonds is 25. The van der Waals surface area contributed by atoms with Gasteiger partial charge in [0.15, 0.2) is 0 Å². The van der Waals surface area contributed by atoms with Crippen LogP contribution < -0.4 is 10.6 Å². The van der Waals surface area contributed by atoms with Crippen LogP contribution in [0.2, 0.25) is 0 Å². The van der Waals surface area contributed by atoms with Gasteiger partial charge >= 0.3 is 0 Å². The molecule has 9 heteroatoms. The van der Waals surface area contributed by atoms with E-state index in [0.717, 1.165) is 110 Å². The lowest BCUT2D eigenvalue weighted by Gasteiger charge is -2.23. The molecule has 0 fully saturated rings. The van der Waals surface area contributed by atoms with Crippen LogP contribution in [-0.4, -0.2) is 75.7 Å². The monoisotopic (exact) mass is 450 g/mol. The first kappa shape index (κ1) is 30.0. The third kappa shape index (κ3) is 24.3. The van der Waals surface area contributed by atoms with E-state index in [1.54, 1.807) is 18.2 Å². The Labute approximate surface area is 193 Å². The number of unbranched alkanes of at least 4 members (excludes halogenated alkanes) is 9. The third-order valence-electron chi connectivity index (χ3n) is 5.11. The summed E-state index contributed by atoms with van der Waals surface area (Å²) < 4.78 is 0. The highest BCUT2D eigenvalue weighted by Gasteiger charge is 2.04. The molecule has 0 saturated heterocycles. The van der Waals surface area contributed by atoms with Crippen molar-refractivity contribution in [3.05, 3.63) is 0 Å². The minimum Gasteiger partial charge on any atom is -0.304 e. The summed E-state index contributed by atoms with van der Waals surface area (Å²) in [4.78, 5) is 43.3. The van der Waals surface area contributed by atoms with Crippen molar-refractivity contribution in [2.75, 3.05) is 52.6 Å². The average molecular weight is 451 g/mol. The lowest BCUT2D eigenvalue weighted by molar-refractivity contribution is 0.228. The Morgan fingerprint density at radius 2 is 0.875 bits per heavy atom. The van der Waals surface area contributed by atoms with Gasteiger partial charge in [-0.2, -0.15) is 0 Å². The molecule has 0 spiro atoms. The van der Waals surface area contributed by atoms with Gasteiger partial charge in [0.2, 0.25) is 18.2 Å². The molecule has 0 aliphatic heterocycles. The zero-order valence-corrected chi connectivity index (χ0v) is 19.7. The lowest BCUT2D eigenvalue weighted by atomic mass is 10.2. The second-order valence-corrected chi connectivity index (χ2v) is 7.87. The number of carbonyl (C=O) groups excluding carboxylic acids is 3. The average Bonchev–Trinajstić information content (AvgIpc) is 2.80. The molecule has 0 bridgehead atoms. The van der Waals surface area contributed by atoms with E-state index < -0.39 is 0 Å². The second-order valence-electron chi connectivity index (χ2n) is 7.87. The van der Waals surface area contributed by atoms with Gasteiger partial charge in [-0.25, -0.2) is 29.4 Å². The van der Waals surface area contributed by atoms with Gasteiger partial charge in [0.25, 0.3) is 0 Å². The smallest absolute Gasteiger partial charge is 0.234 e. The Hall–Kier alpha value is -1.98. The number of nitrogens with zero attached hydrogens (tertiary/aromatic N) is 4. The Kier molecular flexibility index (Phi) is 25.4. The van der Waals surface area contributed by atoms with Crippen LogP contribution >= 0.6 is 0 Å². The zero-order valence-electron chi connectivity index (χ0n) is 19.7. The first-order valence-corrected chi connectivity index (χ1v) is 12.1. The van der Waals surface area contributed by atoms with Gasteiger partial charge in [-0.3, -0.25) is 4.90 Å². The van der Waals surface area contributed by atoms with Crippen LogP contribution in [0.1, 0.15) is 77.0 Å². The highest BCUT2D eigenvalue weighted by atomic mass is 16.1. The predicted octanol–water partition coefficient (Wildman–Crippen LogP) is 3.07. The number of aliphatic imine (C=N–C) groups is 3. The van der Waals surface area contributed by atoms with Crippen molar-refractivity contribution in [1.82, 2.24) is 15.5 Å². The van der Waals surface area contributed by atoms with Gasteiger partial charge in [-0.05, 0) is 51.6 Å². The molecular weight excluding hydrogens is 408 g/mol. The highest BCUT2D eigenvalue weighted by molar-refractivity contribution is 5.33. The van der Waals surface area contributed by atoms with Crippen LogP contribution in [0.3, 0.4) is 0 Å². The lowest BCUT2D eigenvalue weighted by Crippen LogP contribution is -2.41. The van der Waals surface area contributed by atoms with E-state index in [1.807, 2.05) is 0 Å². The SMILES string of the molecule is O=C=NCCCCCCNCN(CCCCCCN=C=O)CNCCCCCCN=C=O. The quantitative estimate of drug-likeness (QED) is 0.0956. The molecule has 0 aliphatic rings. The topological polar surface area (TPSA) is 116 Å². The largest absolute Gasteiger partial charge is 0.304 e. The van der Waals surface area contributed by atoms with Gasteiger partial charge in [-0.15, -0.1) is 0 Å². The molecule has 0 aromatic heterocycles. The maximum Gasteiger partial charge on any atom is 0.234 e. The van der Waals surface area contributed by atoms with Crippen LogP contribution in [0.4, 0.5) is 0 Å². The number of hydrogen-bond donors (Lipinski definition) is 2. The van der Waals surface area contributed by atoms with E-state index in [9.17, 15) is 14.4 Å². The fourth-order valence-corrected chi connectivity index (χ4v) is 3.29. The number of hydrogen-bond acceptors (Lipinski definition) is 9. The molecule has 0 saturated carbocycles. The second kappa shape index (κ2) is 27.1. The Bertz CT molecular complexity index is 522. The summed E-state index contributed by atoms with van der Waals surface area (Å²) in [7, 11) is 0. The summed E-state index contributed by atoms with van der Waals surface area (Å²) >= 11 is 0. The van der Waals surface area contributed by atoms with Gasteiger partial charge in [0.1, 0.15) is 0 Å².